The van der Waals surface area contributed by atoms with E-state index in [0.29, 0.717) is 11.1 Å². The molecule has 0 N–H and O–H groups in total. The third-order valence-electron chi connectivity index (χ3n) is 2.06. The van der Waals surface area contributed by atoms with E-state index < -0.39 is 12.6 Å². The number of hydrogen-bond donors (Lipinski definition) is 0. The van der Waals surface area contributed by atoms with Crippen molar-refractivity contribution in [3.8, 4) is 5.75 Å². The quantitative estimate of drug-likeness (QED) is 0.601. The fourth-order valence-corrected chi connectivity index (χ4v) is 1.30. The summed E-state index contributed by atoms with van der Waals surface area (Å²) in [5.41, 5.74) is 0.923. The molecule has 0 aliphatic rings. The van der Waals surface area contributed by atoms with E-state index in [1.54, 1.807) is 25.1 Å². The standard InChI is InChI=1S/C12H12F2O3/c1-8(7-11(15)16-2)9-5-3-4-6-10(9)17-12(13)14/h3-7,12H,1-2H3/b8-7-. The molecule has 5 heteroatoms. The zero-order valence-electron chi connectivity index (χ0n) is 9.44. The first-order chi connectivity index (χ1) is 8.04. The highest BCUT2D eigenvalue weighted by atomic mass is 19.3. The molecular weight excluding hydrogens is 230 g/mol. The van der Waals surface area contributed by atoms with Gasteiger partial charge in [0.15, 0.2) is 0 Å². The molecule has 0 saturated carbocycles. The van der Waals surface area contributed by atoms with E-state index in [0.717, 1.165) is 0 Å². The highest BCUT2D eigenvalue weighted by Gasteiger charge is 2.10. The highest BCUT2D eigenvalue weighted by Crippen LogP contribution is 2.26. The first-order valence-corrected chi connectivity index (χ1v) is 4.85. The smallest absolute Gasteiger partial charge is 0.387 e. The fourth-order valence-electron chi connectivity index (χ4n) is 1.30. The van der Waals surface area contributed by atoms with Gasteiger partial charge in [-0.3, -0.25) is 0 Å². The van der Waals surface area contributed by atoms with Crippen molar-refractivity contribution >= 4 is 11.5 Å². The molecule has 0 fully saturated rings. The Labute approximate surface area is 97.7 Å². The van der Waals surface area contributed by atoms with Crippen molar-refractivity contribution in [2.24, 2.45) is 0 Å². The van der Waals surface area contributed by atoms with Crippen LogP contribution in [0.25, 0.3) is 5.57 Å². The van der Waals surface area contributed by atoms with Crippen molar-refractivity contribution in [3.63, 3.8) is 0 Å². The van der Waals surface area contributed by atoms with Gasteiger partial charge in [-0.15, -0.1) is 0 Å². The van der Waals surface area contributed by atoms with E-state index in [1.165, 1.54) is 19.3 Å². The van der Waals surface area contributed by atoms with E-state index >= 15 is 0 Å². The third kappa shape index (κ3) is 3.86. The Hall–Kier alpha value is -1.91. The van der Waals surface area contributed by atoms with Crippen molar-refractivity contribution in [3.05, 3.63) is 35.9 Å². The Morgan fingerprint density at radius 1 is 1.35 bits per heavy atom. The second-order valence-corrected chi connectivity index (χ2v) is 3.23. The van der Waals surface area contributed by atoms with Crippen molar-refractivity contribution < 1.29 is 23.0 Å². The second-order valence-electron chi connectivity index (χ2n) is 3.23. The third-order valence-corrected chi connectivity index (χ3v) is 2.06. The molecule has 0 spiro atoms. The van der Waals surface area contributed by atoms with Crippen LogP contribution in [0.1, 0.15) is 12.5 Å². The summed E-state index contributed by atoms with van der Waals surface area (Å²) >= 11 is 0. The SMILES string of the molecule is COC(=O)/C=C(/C)c1ccccc1OC(F)F. The highest BCUT2D eigenvalue weighted by molar-refractivity contribution is 5.91. The van der Waals surface area contributed by atoms with Crippen LogP contribution < -0.4 is 4.74 Å². The van der Waals surface area contributed by atoms with E-state index in [1.807, 2.05) is 0 Å². The first kappa shape index (κ1) is 13.2. The molecule has 0 atom stereocenters. The van der Waals surface area contributed by atoms with Crippen LogP contribution in [0, 0.1) is 0 Å². The molecule has 0 saturated heterocycles. The van der Waals surface area contributed by atoms with E-state index in [9.17, 15) is 13.6 Å². The molecule has 92 valence electrons. The van der Waals surface area contributed by atoms with Gasteiger partial charge >= 0.3 is 12.6 Å². The van der Waals surface area contributed by atoms with E-state index in [4.69, 9.17) is 0 Å². The van der Waals surface area contributed by atoms with Crippen LogP contribution in [0.3, 0.4) is 0 Å². The molecule has 1 aromatic rings. The largest absolute Gasteiger partial charge is 0.466 e. The van der Waals surface area contributed by atoms with Gasteiger partial charge in [-0.25, -0.2) is 4.79 Å². The van der Waals surface area contributed by atoms with Gasteiger partial charge < -0.3 is 9.47 Å². The number of benzene rings is 1. The number of allylic oxidation sites excluding steroid dienone is 1. The van der Waals surface area contributed by atoms with Crippen LogP contribution in [-0.2, 0) is 9.53 Å². The van der Waals surface area contributed by atoms with Crippen LogP contribution in [0.5, 0.6) is 5.75 Å². The first-order valence-electron chi connectivity index (χ1n) is 4.85. The molecule has 0 aliphatic heterocycles. The molecule has 0 aliphatic carbocycles. The van der Waals surface area contributed by atoms with Gasteiger partial charge in [0.05, 0.1) is 7.11 Å². The number of para-hydroxylation sites is 1. The minimum Gasteiger partial charge on any atom is -0.466 e. The summed E-state index contributed by atoms with van der Waals surface area (Å²) in [7, 11) is 1.24. The molecular formula is C12H12F2O3. The number of hydrogen-bond acceptors (Lipinski definition) is 3. The second kappa shape index (κ2) is 5.98. The average molecular weight is 242 g/mol. The predicted octanol–water partition coefficient (Wildman–Crippen LogP) is 2.86. The van der Waals surface area contributed by atoms with Crippen LogP contribution in [0.2, 0.25) is 0 Å². The van der Waals surface area contributed by atoms with Gasteiger partial charge in [0.1, 0.15) is 5.75 Å². The number of rotatable bonds is 4. The average Bonchev–Trinajstić information content (AvgIpc) is 2.28. The number of carbonyl (C=O) groups excluding carboxylic acids is 1. The molecule has 1 aromatic carbocycles. The molecule has 0 aromatic heterocycles. The maximum Gasteiger partial charge on any atom is 0.387 e. The van der Waals surface area contributed by atoms with E-state index in [2.05, 4.69) is 9.47 Å². The van der Waals surface area contributed by atoms with Gasteiger partial charge in [0.2, 0.25) is 0 Å². The summed E-state index contributed by atoms with van der Waals surface area (Å²) in [5, 5.41) is 0. The maximum atomic E-state index is 12.2. The van der Waals surface area contributed by atoms with Gasteiger partial charge in [-0.1, -0.05) is 18.2 Å². The summed E-state index contributed by atoms with van der Waals surface area (Å²) in [4.78, 5) is 11.0. The molecule has 17 heavy (non-hydrogen) atoms. The molecule has 0 heterocycles. The van der Waals surface area contributed by atoms with E-state index in [-0.39, 0.29) is 5.75 Å². The lowest BCUT2D eigenvalue weighted by molar-refractivity contribution is -0.134. The van der Waals surface area contributed by atoms with Gasteiger partial charge in [-0.2, -0.15) is 8.78 Å². The lowest BCUT2D eigenvalue weighted by atomic mass is 10.1. The summed E-state index contributed by atoms with van der Waals surface area (Å²) in [5.74, 6) is -0.519. The number of carbonyl (C=O) groups is 1. The zero-order chi connectivity index (χ0) is 12.8. The minimum absolute atomic E-state index is 0.0279. The summed E-state index contributed by atoms with van der Waals surface area (Å²) < 4.78 is 33.1. The number of alkyl halides is 2. The molecule has 0 radical (unpaired) electrons. The van der Waals surface area contributed by atoms with Crippen molar-refractivity contribution in [2.75, 3.05) is 7.11 Å². The van der Waals surface area contributed by atoms with Gasteiger partial charge in [0, 0.05) is 11.6 Å². The molecule has 3 nitrogen and oxygen atoms in total. The topological polar surface area (TPSA) is 35.5 Å². The van der Waals surface area contributed by atoms with Crippen LogP contribution in [0.4, 0.5) is 8.78 Å². The number of methoxy groups -OCH3 is 1. The van der Waals surface area contributed by atoms with Crippen LogP contribution in [0.15, 0.2) is 30.3 Å². The fraction of sp³-hybridized carbons (Fsp3) is 0.250. The van der Waals surface area contributed by atoms with Crippen molar-refractivity contribution in [1.29, 1.82) is 0 Å². The molecule has 0 bridgehead atoms. The Morgan fingerprint density at radius 3 is 2.59 bits per heavy atom. The predicted molar refractivity (Wildman–Crippen MR) is 58.7 cm³/mol. The Bertz CT molecular complexity index is 428. The molecule has 1 rings (SSSR count). The number of esters is 1. The lowest BCUT2D eigenvalue weighted by Gasteiger charge is -2.10. The Kier molecular flexibility index (Phi) is 4.63. The van der Waals surface area contributed by atoms with Crippen LogP contribution in [-0.4, -0.2) is 19.7 Å². The molecule has 0 amide bonds. The van der Waals surface area contributed by atoms with Crippen molar-refractivity contribution in [1.82, 2.24) is 0 Å². The monoisotopic (exact) mass is 242 g/mol. The number of ether oxygens (including phenoxy) is 2. The van der Waals surface area contributed by atoms with Crippen LogP contribution >= 0.6 is 0 Å². The molecule has 0 unspecified atom stereocenters. The van der Waals surface area contributed by atoms with Gasteiger partial charge in [-0.05, 0) is 18.6 Å². The number of halogens is 2. The maximum absolute atomic E-state index is 12.2. The summed E-state index contributed by atoms with van der Waals surface area (Å²) in [6.07, 6.45) is 1.22. The summed E-state index contributed by atoms with van der Waals surface area (Å²) in [6, 6.07) is 6.25. The van der Waals surface area contributed by atoms with Crippen molar-refractivity contribution in [2.45, 2.75) is 13.5 Å². The lowest BCUT2D eigenvalue weighted by Crippen LogP contribution is -2.04. The normalized spacial score (nSPS) is 11.5. The summed E-state index contributed by atoms with van der Waals surface area (Å²) in [6.45, 7) is -1.29. The Balaban J connectivity index is 3.04. The Morgan fingerprint density at radius 2 is 2.00 bits per heavy atom. The minimum atomic E-state index is -2.90. The van der Waals surface area contributed by atoms with Gasteiger partial charge in [0.25, 0.3) is 0 Å². The zero-order valence-corrected chi connectivity index (χ0v) is 9.44.